The Morgan fingerprint density at radius 2 is 1.76 bits per heavy atom. The molecule has 0 aliphatic heterocycles. The summed E-state index contributed by atoms with van der Waals surface area (Å²) in [5.74, 6) is 0.0217. The number of nitrogen functional groups attached to an aromatic ring is 1. The molecule has 96 valence electrons. The fourth-order valence-corrected chi connectivity index (χ4v) is 1.12. The van der Waals surface area contributed by atoms with Crippen LogP contribution in [0.5, 0.6) is 0 Å². The van der Waals surface area contributed by atoms with Gasteiger partial charge in [0, 0.05) is 24.3 Å². The monoisotopic (exact) mass is 237 g/mol. The van der Waals surface area contributed by atoms with Crippen molar-refractivity contribution in [3.05, 3.63) is 24.3 Å². The summed E-state index contributed by atoms with van der Waals surface area (Å²) < 4.78 is 0. The number of nitrogens with two attached hydrogens (primary N) is 1. The van der Waals surface area contributed by atoms with Crippen molar-refractivity contribution in [2.24, 2.45) is 0 Å². The molecule has 1 amide bonds. The highest BCUT2D eigenvalue weighted by atomic mass is 16.1. The van der Waals surface area contributed by atoms with Crippen molar-refractivity contribution < 1.29 is 4.79 Å². The summed E-state index contributed by atoms with van der Waals surface area (Å²) in [6, 6.07) is 7.12. The number of rotatable bonds is 4. The molecule has 0 aliphatic rings. The van der Waals surface area contributed by atoms with E-state index in [1.807, 2.05) is 32.8 Å². The van der Waals surface area contributed by atoms with Crippen LogP contribution in [0.25, 0.3) is 0 Å². The fourth-order valence-electron chi connectivity index (χ4n) is 1.12. The summed E-state index contributed by atoms with van der Waals surface area (Å²) in [4.78, 5) is 13.4. The SMILES string of the molecule is CC.CN(C)CCC(=O)Nc1ccc(N)cc1. The lowest BCUT2D eigenvalue weighted by Gasteiger charge is -2.09. The van der Waals surface area contributed by atoms with Crippen LogP contribution in [0.15, 0.2) is 24.3 Å². The molecule has 0 heterocycles. The lowest BCUT2D eigenvalue weighted by Crippen LogP contribution is -2.20. The Hall–Kier alpha value is -1.55. The Morgan fingerprint density at radius 1 is 1.24 bits per heavy atom. The molecule has 0 aromatic heterocycles. The first kappa shape index (κ1) is 15.4. The van der Waals surface area contributed by atoms with Crippen LogP contribution in [0.4, 0.5) is 11.4 Å². The summed E-state index contributed by atoms with van der Waals surface area (Å²) >= 11 is 0. The van der Waals surface area contributed by atoms with E-state index in [2.05, 4.69) is 5.32 Å². The van der Waals surface area contributed by atoms with Gasteiger partial charge in [0.25, 0.3) is 0 Å². The Kier molecular flexibility index (Phi) is 7.80. The number of carbonyl (C=O) groups excluding carboxylic acids is 1. The molecule has 4 nitrogen and oxygen atoms in total. The van der Waals surface area contributed by atoms with Crippen LogP contribution in [0.3, 0.4) is 0 Å². The van der Waals surface area contributed by atoms with Crippen molar-refractivity contribution >= 4 is 17.3 Å². The maximum atomic E-state index is 11.4. The van der Waals surface area contributed by atoms with Gasteiger partial charge in [0.05, 0.1) is 0 Å². The third kappa shape index (κ3) is 7.36. The molecule has 0 aliphatic carbocycles. The molecule has 4 heteroatoms. The summed E-state index contributed by atoms with van der Waals surface area (Å²) in [6.45, 7) is 4.75. The van der Waals surface area contributed by atoms with Gasteiger partial charge in [-0.25, -0.2) is 0 Å². The van der Waals surface area contributed by atoms with Gasteiger partial charge < -0.3 is 16.0 Å². The highest BCUT2D eigenvalue weighted by molar-refractivity contribution is 5.90. The van der Waals surface area contributed by atoms with Crippen LogP contribution in [0.2, 0.25) is 0 Å². The molecule has 1 aromatic rings. The van der Waals surface area contributed by atoms with Crippen LogP contribution in [-0.4, -0.2) is 31.4 Å². The van der Waals surface area contributed by atoms with Gasteiger partial charge in [-0.2, -0.15) is 0 Å². The standard InChI is InChI=1S/C11H17N3O.C2H6/c1-14(2)8-7-11(15)13-10-5-3-9(12)4-6-10;1-2/h3-6H,7-8,12H2,1-2H3,(H,13,15);1-2H3. The van der Waals surface area contributed by atoms with Crippen molar-refractivity contribution in [1.29, 1.82) is 0 Å². The summed E-state index contributed by atoms with van der Waals surface area (Å²) in [6.07, 6.45) is 0.497. The van der Waals surface area contributed by atoms with Crippen LogP contribution >= 0.6 is 0 Å². The molecule has 0 radical (unpaired) electrons. The summed E-state index contributed by atoms with van der Waals surface area (Å²) in [5.41, 5.74) is 7.02. The van der Waals surface area contributed by atoms with E-state index >= 15 is 0 Å². The molecule has 3 N–H and O–H groups in total. The number of amides is 1. The highest BCUT2D eigenvalue weighted by Gasteiger charge is 2.02. The normalized spacial score (nSPS) is 9.47. The lowest BCUT2D eigenvalue weighted by molar-refractivity contribution is -0.116. The first-order valence-corrected chi connectivity index (χ1v) is 5.88. The second-order valence-electron chi connectivity index (χ2n) is 3.72. The summed E-state index contributed by atoms with van der Waals surface area (Å²) in [5, 5.41) is 2.80. The maximum Gasteiger partial charge on any atom is 0.225 e. The number of nitrogens with zero attached hydrogens (tertiary/aromatic N) is 1. The minimum absolute atomic E-state index is 0.0217. The van der Waals surface area contributed by atoms with Gasteiger partial charge >= 0.3 is 0 Å². The second-order valence-corrected chi connectivity index (χ2v) is 3.72. The van der Waals surface area contributed by atoms with Gasteiger partial charge in [0.15, 0.2) is 0 Å². The number of benzene rings is 1. The van der Waals surface area contributed by atoms with Gasteiger partial charge in [-0.1, -0.05) is 13.8 Å². The van der Waals surface area contributed by atoms with Crippen molar-refractivity contribution in [1.82, 2.24) is 4.90 Å². The molecular weight excluding hydrogens is 214 g/mol. The third-order valence-corrected chi connectivity index (χ3v) is 1.98. The molecule has 0 saturated heterocycles. The number of nitrogens with one attached hydrogen (secondary N) is 1. The van der Waals surface area contributed by atoms with Crippen molar-refractivity contribution in [3.63, 3.8) is 0 Å². The molecule has 0 bridgehead atoms. The second kappa shape index (κ2) is 8.58. The van der Waals surface area contributed by atoms with Crippen LogP contribution < -0.4 is 11.1 Å². The minimum Gasteiger partial charge on any atom is -0.399 e. The van der Waals surface area contributed by atoms with E-state index in [-0.39, 0.29) is 5.91 Å². The van der Waals surface area contributed by atoms with Crippen LogP contribution in [0, 0.1) is 0 Å². The number of hydrogen-bond acceptors (Lipinski definition) is 3. The maximum absolute atomic E-state index is 11.4. The lowest BCUT2D eigenvalue weighted by atomic mass is 10.2. The predicted octanol–water partition coefficient (Wildman–Crippen LogP) is 2.19. The molecule has 17 heavy (non-hydrogen) atoms. The highest BCUT2D eigenvalue weighted by Crippen LogP contribution is 2.10. The van der Waals surface area contributed by atoms with Crippen molar-refractivity contribution in [3.8, 4) is 0 Å². The molecule has 1 rings (SSSR count). The van der Waals surface area contributed by atoms with E-state index in [9.17, 15) is 4.79 Å². The van der Waals surface area contributed by atoms with Crippen LogP contribution in [-0.2, 0) is 4.79 Å². The zero-order chi connectivity index (χ0) is 13.3. The average molecular weight is 237 g/mol. The number of anilines is 2. The van der Waals surface area contributed by atoms with Gasteiger partial charge in [0.1, 0.15) is 0 Å². The Bertz CT molecular complexity index is 320. The first-order valence-electron chi connectivity index (χ1n) is 5.88. The molecule has 1 aromatic carbocycles. The van der Waals surface area contributed by atoms with Crippen LogP contribution in [0.1, 0.15) is 20.3 Å². The van der Waals surface area contributed by atoms with E-state index in [0.717, 1.165) is 12.2 Å². The molecule has 0 spiro atoms. The third-order valence-electron chi connectivity index (χ3n) is 1.98. The number of hydrogen-bond donors (Lipinski definition) is 2. The zero-order valence-corrected chi connectivity index (χ0v) is 11.2. The zero-order valence-electron chi connectivity index (χ0n) is 11.2. The molecule has 0 saturated carbocycles. The summed E-state index contributed by atoms with van der Waals surface area (Å²) in [7, 11) is 3.88. The quantitative estimate of drug-likeness (QED) is 0.789. The van der Waals surface area contributed by atoms with E-state index in [1.54, 1.807) is 24.3 Å². The predicted molar refractivity (Wildman–Crippen MR) is 74.0 cm³/mol. The first-order chi connectivity index (χ1) is 8.08. The van der Waals surface area contributed by atoms with Crippen molar-refractivity contribution in [2.45, 2.75) is 20.3 Å². The van der Waals surface area contributed by atoms with Gasteiger partial charge in [-0.3, -0.25) is 4.79 Å². The Morgan fingerprint density at radius 3 is 2.24 bits per heavy atom. The fraction of sp³-hybridized carbons (Fsp3) is 0.462. The number of carbonyl (C=O) groups is 1. The van der Waals surface area contributed by atoms with E-state index in [0.29, 0.717) is 12.1 Å². The molecule has 0 unspecified atom stereocenters. The molecule has 0 fully saturated rings. The minimum atomic E-state index is 0.0217. The van der Waals surface area contributed by atoms with E-state index < -0.39 is 0 Å². The Balaban J connectivity index is 0.00000121. The largest absolute Gasteiger partial charge is 0.399 e. The Labute approximate surface area is 104 Å². The van der Waals surface area contributed by atoms with Gasteiger partial charge in [-0.15, -0.1) is 0 Å². The smallest absolute Gasteiger partial charge is 0.225 e. The van der Waals surface area contributed by atoms with Crippen molar-refractivity contribution in [2.75, 3.05) is 31.7 Å². The van der Waals surface area contributed by atoms with E-state index in [4.69, 9.17) is 5.73 Å². The topological polar surface area (TPSA) is 58.4 Å². The van der Waals surface area contributed by atoms with Gasteiger partial charge in [-0.05, 0) is 38.4 Å². The average Bonchev–Trinajstić information content (AvgIpc) is 2.32. The van der Waals surface area contributed by atoms with Gasteiger partial charge in [0.2, 0.25) is 5.91 Å². The molecule has 0 atom stereocenters. The van der Waals surface area contributed by atoms with E-state index in [1.165, 1.54) is 0 Å². The molecular formula is C13H23N3O.